The third-order valence-corrected chi connectivity index (χ3v) is 4.80. The molecule has 2 aromatic rings. The maximum atomic E-state index is 5.25. The Bertz CT molecular complexity index is 538. The van der Waals surface area contributed by atoms with Crippen molar-refractivity contribution in [1.82, 2.24) is 5.32 Å². The molecule has 0 saturated carbocycles. The van der Waals surface area contributed by atoms with Gasteiger partial charge < -0.3 is 10.1 Å². The highest BCUT2D eigenvalue weighted by Gasteiger charge is 2.15. The van der Waals surface area contributed by atoms with E-state index in [4.69, 9.17) is 4.74 Å². The fraction of sp³-hybridized carbons (Fsp3) is 0.286. The van der Waals surface area contributed by atoms with Crippen LogP contribution in [0.4, 0.5) is 0 Å². The molecule has 1 unspecified atom stereocenters. The normalized spacial score (nSPS) is 12.4. The molecule has 0 spiro atoms. The van der Waals surface area contributed by atoms with Crippen LogP contribution in [0.15, 0.2) is 29.6 Å². The van der Waals surface area contributed by atoms with Crippen LogP contribution in [0.3, 0.4) is 0 Å². The Kier molecular flexibility index (Phi) is 4.64. The third kappa shape index (κ3) is 2.87. The lowest BCUT2D eigenvalue weighted by Crippen LogP contribution is -2.18. The first-order valence-electron chi connectivity index (χ1n) is 5.71. The van der Waals surface area contributed by atoms with Crippen LogP contribution in [0.25, 0.3) is 0 Å². The summed E-state index contributed by atoms with van der Waals surface area (Å²) in [4.78, 5) is 0. The summed E-state index contributed by atoms with van der Waals surface area (Å²) in [5.74, 6) is 0.908. The van der Waals surface area contributed by atoms with Crippen LogP contribution in [0.5, 0.6) is 5.75 Å². The molecule has 0 radical (unpaired) electrons. The standard InChI is InChI=1S/C14H16INOS/c1-9-6-11(17-3)4-5-12(9)14(16-2)10-7-13(15)18-8-10/h4-8,14,16H,1-3H3. The lowest BCUT2D eigenvalue weighted by molar-refractivity contribution is 0.414. The molecular formula is C14H16INOS. The first-order valence-corrected chi connectivity index (χ1v) is 7.67. The predicted molar refractivity (Wildman–Crippen MR) is 85.7 cm³/mol. The molecule has 0 aliphatic carbocycles. The molecular weight excluding hydrogens is 357 g/mol. The molecule has 1 atom stereocenters. The first kappa shape index (κ1) is 13.8. The van der Waals surface area contributed by atoms with Crippen molar-refractivity contribution < 1.29 is 4.74 Å². The van der Waals surface area contributed by atoms with Crippen LogP contribution in [-0.4, -0.2) is 14.2 Å². The van der Waals surface area contributed by atoms with E-state index in [9.17, 15) is 0 Å². The second-order valence-electron chi connectivity index (χ2n) is 4.13. The van der Waals surface area contributed by atoms with Crippen LogP contribution in [-0.2, 0) is 0 Å². The quantitative estimate of drug-likeness (QED) is 0.819. The number of benzene rings is 1. The van der Waals surface area contributed by atoms with Gasteiger partial charge in [-0.25, -0.2) is 0 Å². The van der Waals surface area contributed by atoms with Gasteiger partial charge in [0.1, 0.15) is 5.75 Å². The molecule has 0 fully saturated rings. The van der Waals surface area contributed by atoms with Gasteiger partial charge in [0.2, 0.25) is 0 Å². The van der Waals surface area contributed by atoms with Gasteiger partial charge in [-0.15, -0.1) is 11.3 Å². The number of methoxy groups -OCH3 is 1. The molecule has 96 valence electrons. The van der Waals surface area contributed by atoms with Crippen molar-refractivity contribution in [3.05, 3.63) is 49.2 Å². The van der Waals surface area contributed by atoms with Crippen molar-refractivity contribution in [2.45, 2.75) is 13.0 Å². The maximum absolute atomic E-state index is 5.25. The number of rotatable bonds is 4. The number of ether oxygens (including phenoxy) is 1. The van der Waals surface area contributed by atoms with Gasteiger partial charge in [0.05, 0.1) is 16.0 Å². The van der Waals surface area contributed by atoms with Gasteiger partial charge in [-0.05, 0) is 76.8 Å². The lowest BCUT2D eigenvalue weighted by Gasteiger charge is -2.18. The molecule has 0 saturated heterocycles. The lowest BCUT2D eigenvalue weighted by atomic mass is 9.97. The van der Waals surface area contributed by atoms with Crippen LogP contribution in [0, 0.1) is 9.81 Å². The summed E-state index contributed by atoms with van der Waals surface area (Å²) in [6.07, 6.45) is 0. The van der Waals surface area contributed by atoms with Crippen LogP contribution in [0.2, 0.25) is 0 Å². The molecule has 1 heterocycles. The van der Waals surface area contributed by atoms with Crippen molar-refractivity contribution in [3.63, 3.8) is 0 Å². The third-order valence-electron chi connectivity index (χ3n) is 3.00. The van der Waals surface area contributed by atoms with Crippen molar-refractivity contribution in [2.75, 3.05) is 14.2 Å². The highest BCUT2D eigenvalue weighted by molar-refractivity contribution is 14.1. The number of nitrogens with one attached hydrogen (secondary N) is 1. The van der Waals surface area contributed by atoms with Gasteiger partial charge in [0.15, 0.2) is 0 Å². The van der Waals surface area contributed by atoms with Crippen molar-refractivity contribution >= 4 is 33.9 Å². The highest BCUT2D eigenvalue weighted by Crippen LogP contribution is 2.30. The van der Waals surface area contributed by atoms with Crippen molar-refractivity contribution in [3.8, 4) is 5.75 Å². The van der Waals surface area contributed by atoms with Gasteiger partial charge in [-0.3, -0.25) is 0 Å². The second-order valence-corrected chi connectivity index (χ2v) is 6.93. The molecule has 1 aromatic carbocycles. The van der Waals surface area contributed by atoms with Crippen molar-refractivity contribution in [1.29, 1.82) is 0 Å². The van der Waals surface area contributed by atoms with Crippen LogP contribution >= 0.6 is 33.9 Å². The summed E-state index contributed by atoms with van der Waals surface area (Å²) in [6, 6.07) is 8.72. The van der Waals surface area contributed by atoms with E-state index in [0.29, 0.717) is 0 Å². The summed E-state index contributed by atoms with van der Waals surface area (Å²) < 4.78 is 6.57. The molecule has 2 nitrogen and oxygen atoms in total. The molecule has 1 N–H and O–H groups in total. The molecule has 0 aliphatic heterocycles. The zero-order chi connectivity index (χ0) is 13.1. The van der Waals surface area contributed by atoms with Gasteiger partial charge in [-0.2, -0.15) is 0 Å². The number of aryl methyl sites for hydroxylation is 1. The summed E-state index contributed by atoms with van der Waals surface area (Å²) >= 11 is 4.14. The Morgan fingerprint density at radius 2 is 2.11 bits per heavy atom. The van der Waals surface area contributed by atoms with E-state index in [-0.39, 0.29) is 6.04 Å². The summed E-state index contributed by atoms with van der Waals surface area (Å²) in [5, 5.41) is 5.60. The number of halogens is 1. The smallest absolute Gasteiger partial charge is 0.119 e. The predicted octanol–water partition coefficient (Wildman–Crippen LogP) is 3.98. The van der Waals surface area contributed by atoms with Crippen LogP contribution in [0.1, 0.15) is 22.7 Å². The summed E-state index contributed by atoms with van der Waals surface area (Å²) in [6.45, 7) is 2.12. The molecule has 2 rings (SSSR count). The highest BCUT2D eigenvalue weighted by atomic mass is 127. The molecule has 0 bridgehead atoms. The number of thiophene rings is 1. The van der Waals surface area contributed by atoms with E-state index in [1.54, 1.807) is 18.4 Å². The summed E-state index contributed by atoms with van der Waals surface area (Å²) in [7, 11) is 3.70. The zero-order valence-corrected chi connectivity index (χ0v) is 13.6. The SMILES string of the molecule is CNC(c1csc(I)c1)c1ccc(OC)cc1C. The van der Waals surface area contributed by atoms with E-state index in [0.717, 1.165) is 5.75 Å². The Hall–Kier alpha value is -0.590. The van der Waals surface area contributed by atoms with Gasteiger partial charge in [0.25, 0.3) is 0 Å². The van der Waals surface area contributed by atoms with Crippen molar-refractivity contribution in [2.24, 2.45) is 0 Å². The number of hydrogen-bond acceptors (Lipinski definition) is 3. The van der Waals surface area contributed by atoms with Gasteiger partial charge in [0, 0.05) is 0 Å². The fourth-order valence-corrected chi connectivity index (χ4v) is 3.47. The monoisotopic (exact) mass is 373 g/mol. The Labute approximate surface area is 126 Å². The topological polar surface area (TPSA) is 21.3 Å². The first-order chi connectivity index (χ1) is 8.65. The Morgan fingerprint density at radius 1 is 1.33 bits per heavy atom. The molecule has 0 amide bonds. The van der Waals surface area contributed by atoms with Crippen LogP contribution < -0.4 is 10.1 Å². The molecule has 0 aliphatic rings. The molecule has 18 heavy (non-hydrogen) atoms. The average molecular weight is 373 g/mol. The van der Waals surface area contributed by atoms with E-state index in [1.807, 2.05) is 13.1 Å². The maximum Gasteiger partial charge on any atom is 0.119 e. The molecule has 4 heteroatoms. The zero-order valence-electron chi connectivity index (χ0n) is 10.7. The number of hydrogen-bond donors (Lipinski definition) is 1. The second kappa shape index (κ2) is 6.04. The van der Waals surface area contributed by atoms with E-state index in [1.165, 1.54) is 19.6 Å². The minimum atomic E-state index is 0.246. The largest absolute Gasteiger partial charge is 0.497 e. The fourth-order valence-electron chi connectivity index (χ4n) is 2.08. The van der Waals surface area contributed by atoms with E-state index in [2.05, 4.69) is 58.4 Å². The van der Waals surface area contributed by atoms with Gasteiger partial charge in [-0.1, -0.05) is 6.07 Å². The summed E-state index contributed by atoms with van der Waals surface area (Å²) in [5.41, 5.74) is 3.86. The van der Waals surface area contributed by atoms with Gasteiger partial charge >= 0.3 is 0 Å². The minimum absolute atomic E-state index is 0.246. The van der Waals surface area contributed by atoms with E-state index < -0.39 is 0 Å². The average Bonchev–Trinajstić information content (AvgIpc) is 2.78. The minimum Gasteiger partial charge on any atom is -0.497 e. The Morgan fingerprint density at radius 3 is 2.61 bits per heavy atom. The van der Waals surface area contributed by atoms with E-state index >= 15 is 0 Å². The molecule has 1 aromatic heterocycles. The Balaban J connectivity index is 2.39.